The van der Waals surface area contributed by atoms with Crippen LogP contribution in [0, 0.1) is 0 Å². The maximum atomic E-state index is 11.8. The zero-order chi connectivity index (χ0) is 14.0. The fourth-order valence-electron chi connectivity index (χ4n) is 2.75. The van der Waals surface area contributed by atoms with Crippen LogP contribution in [0.15, 0.2) is 22.7 Å². The third-order valence-corrected chi connectivity index (χ3v) is 4.34. The zero-order valence-corrected chi connectivity index (χ0v) is 13.4. The van der Waals surface area contributed by atoms with E-state index in [2.05, 4.69) is 45.6 Å². The summed E-state index contributed by atoms with van der Waals surface area (Å²) in [5.74, 6) is 0.132. The van der Waals surface area contributed by atoms with Gasteiger partial charge in [-0.25, -0.2) is 0 Å². The molecule has 0 N–H and O–H groups in total. The predicted octanol–water partition coefficient (Wildman–Crippen LogP) is 3.18. The Kier molecular flexibility index (Phi) is 4.63. The molecule has 1 fully saturated rings. The molecule has 1 aliphatic heterocycles. The molecule has 104 valence electrons. The van der Waals surface area contributed by atoms with E-state index in [1.165, 1.54) is 0 Å². The number of anilines is 1. The summed E-state index contributed by atoms with van der Waals surface area (Å²) in [6.07, 6.45) is 0. The second kappa shape index (κ2) is 6.06. The van der Waals surface area contributed by atoms with Crippen molar-refractivity contribution in [2.45, 2.75) is 26.8 Å². The molecule has 1 aliphatic rings. The topological polar surface area (TPSA) is 23.6 Å². The van der Waals surface area contributed by atoms with Crippen LogP contribution >= 0.6 is 15.9 Å². The first kappa shape index (κ1) is 14.5. The van der Waals surface area contributed by atoms with Crippen LogP contribution in [0.5, 0.6) is 0 Å². The quantitative estimate of drug-likeness (QED) is 0.798. The van der Waals surface area contributed by atoms with Crippen molar-refractivity contribution in [3.8, 4) is 0 Å². The monoisotopic (exact) mass is 324 g/mol. The van der Waals surface area contributed by atoms with E-state index in [1.807, 2.05) is 12.1 Å². The van der Waals surface area contributed by atoms with Crippen LogP contribution in [0.25, 0.3) is 0 Å². The lowest BCUT2D eigenvalue weighted by Gasteiger charge is -2.41. The molecule has 0 bridgehead atoms. The molecule has 1 heterocycles. The lowest BCUT2D eigenvalue weighted by atomic mass is 10.1. The van der Waals surface area contributed by atoms with Crippen LogP contribution in [-0.4, -0.2) is 42.9 Å². The third-order valence-electron chi connectivity index (χ3n) is 3.85. The molecule has 1 aromatic carbocycles. The number of halogens is 1. The fourth-order valence-corrected chi connectivity index (χ4v) is 3.10. The Labute approximate surface area is 123 Å². The van der Waals surface area contributed by atoms with Crippen molar-refractivity contribution >= 4 is 27.4 Å². The van der Waals surface area contributed by atoms with E-state index in [-0.39, 0.29) is 5.78 Å². The molecule has 0 radical (unpaired) electrons. The Hall–Kier alpha value is -0.870. The molecule has 1 unspecified atom stereocenters. The molecular weight excluding hydrogens is 304 g/mol. The number of ketones is 1. The first-order valence-corrected chi connectivity index (χ1v) is 7.61. The first-order chi connectivity index (χ1) is 9.02. The SMILES string of the molecule is CCN1CCN(c2cc(Br)ccc2C(C)=O)CC1C. The van der Waals surface area contributed by atoms with E-state index in [0.29, 0.717) is 6.04 Å². The molecule has 0 amide bonds. The van der Waals surface area contributed by atoms with Crippen molar-refractivity contribution in [1.29, 1.82) is 0 Å². The maximum Gasteiger partial charge on any atom is 0.161 e. The summed E-state index contributed by atoms with van der Waals surface area (Å²) in [6, 6.07) is 6.44. The Morgan fingerprint density at radius 3 is 2.74 bits per heavy atom. The summed E-state index contributed by atoms with van der Waals surface area (Å²) in [4.78, 5) is 16.6. The van der Waals surface area contributed by atoms with Gasteiger partial charge in [0.05, 0.1) is 0 Å². The van der Waals surface area contributed by atoms with E-state index in [1.54, 1.807) is 6.92 Å². The van der Waals surface area contributed by atoms with Gasteiger partial charge >= 0.3 is 0 Å². The highest BCUT2D eigenvalue weighted by Crippen LogP contribution is 2.27. The van der Waals surface area contributed by atoms with Crippen LogP contribution in [-0.2, 0) is 0 Å². The molecule has 0 aromatic heterocycles. The summed E-state index contributed by atoms with van der Waals surface area (Å²) in [6.45, 7) is 10.2. The number of hydrogen-bond acceptors (Lipinski definition) is 3. The minimum atomic E-state index is 0.132. The van der Waals surface area contributed by atoms with E-state index < -0.39 is 0 Å². The largest absolute Gasteiger partial charge is 0.368 e. The summed E-state index contributed by atoms with van der Waals surface area (Å²) < 4.78 is 1.03. The van der Waals surface area contributed by atoms with Crippen molar-refractivity contribution in [3.63, 3.8) is 0 Å². The molecule has 1 atom stereocenters. The molecule has 19 heavy (non-hydrogen) atoms. The van der Waals surface area contributed by atoms with Gasteiger partial charge in [0.15, 0.2) is 5.78 Å². The summed E-state index contributed by atoms with van der Waals surface area (Å²) in [5.41, 5.74) is 1.88. The number of carbonyl (C=O) groups is 1. The number of nitrogens with zero attached hydrogens (tertiary/aromatic N) is 2. The van der Waals surface area contributed by atoms with E-state index in [4.69, 9.17) is 0 Å². The summed E-state index contributed by atoms with van der Waals surface area (Å²) >= 11 is 3.50. The van der Waals surface area contributed by atoms with Gasteiger partial charge in [-0.1, -0.05) is 22.9 Å². The minimum absolute atomic E-state index is 0.132. The fraction of sp³-hybridized carbons (Fsp3) is 0.533. The van der Waals surface area contributed by atoms with E-state index >= 15 is 0 Å². The van der Waals surface area contributed by atoms with Gasteiger partial charge in [0.2, 0.25) is 0 Å². The van der Waals surface area contributed by atoms with Gasteiger partial charge < -0.3 is 4.90 Å². The molecule has 3 nitrogen and oxygen atoms in total. The standard InChI is InChI=1S/C15H21BrN2O/c1-4-17-7-8-18(10-11(17)2)15-9-13(16)5-6-14(15)12(3)19/h5-6,9,11H,4,7-8,10H2,1-3H3. The number of likely N-dealkylation sites (N-methyl/N-ethyl adjacent to an activating group) is 1. The Balaban J connectivity index is 2.27. The lowest BCUT2D eigenvalue weighted by Crippen LogP contribution is -2.52. The van der Waals surface area contributed by atoms with E-state index in [9.17, 15) is 4.79 Å². The molecule has 0 aliphatic carbocycles. The highest BCUT2D eigenvalue weighted by atomic mass is 79.9. The molecule has 1 saturated heterocycles. The first-order valence-electron chi connectivity index (χ1n) is 6.82. The number of Topliss-reactive ketones (excluding diaryl/α,β-unsaturated/α-hetero) is 1. The third kappa shape index (κ3) is 3.18. The number of benzene rings is 1. The van der Waals surface area contributed by atoms with Gasteiger partial charge in [-0.2, -0.15) is 0 Å². The summed E-state index contributed by atoms with van der Waals surface area (Å²) in [7, 11) is 0. The highest BCUT2D eigenvalue weighted by molar-refractivity contribution is 9.10. The van der Waals surface area contributed by atoms with Gasteiger partial charge in [0.25, 0.3) is 0 Å². The smallest absolute Gasteiger partial charge is 0.161 e. The van der Waals surface area contributed by atoms with E-state index in [0.717, 1.165) is 41.9 Å². The van der Waals surface area contributed by atoms with Crippen molar-refractivity contribution < 1.29 is 4.79 Å². The van der Waals surface area contributed by atoms with Crippen molar-refractivity contribution in [3.05, 3.63) is 28.2 Å². The molecule has 0 saturated carbocycles. The Bertz CT molecular complexity index is 475. The maximum absolute atomic E-state index is 11.8. The van der Waals surface area contributed by atoms with Crippen molar-refractivity contribution in [2.75, 3.05) is 31.1 Å². The average Bonchev–Trinajstić information content (AvgIpc) is 2.38. The van der Waals surface area contributed by atoms with Gasteiger partial charge in [-0.05, 0) is 38.6 Å². The molecule has 0 spiro atoms. The minimum Gasteiger partial charge on any atom is -0.368 e. The number of piperazine rings is 1. The predicted molar refractivity (Wildman–Crippen MR) is 83.1 cm³/mol. The van der Waals surface area contributed by atoms with Crippen molar-refractivity contribution in [1.82, 2.24) is 4.90 Å². The average molecular weight is 325 g/mol. The summed E-state index contributed by atoms with van der Waals surface area (Å²) in [5, 5.41) is 0. The highest BCUT2D eigenvalue weighted by Gasteiger charge is 2.24. The van der Waals surface area contributed by atoms with Crippen LogP contribution in [0.3, 0.4) is 0 Å². The van der Waals surface area contributed by atoms with Gasteiger partial charge in [-0.15, -0.1) is 0 Å². The number of carbonyl (C=O) groups excluding carboxylic acids is 1. The second-order valence-electron chi connectivity index (χ2n) is 5.14. The molecule has 1 aromatic rings. The van der Waals surface area contributed by atoms with Gasteiger partial charge in [0.1, 0.15) is 0 Å². The molecule has 4 heteroatoms. The van der Waals surface area contributed by atoms with Crippen LogP contribution in [0.1, 0.15) is 31.1 Å². The lowest BCUT2D eigenvalue weighted by molar-refractivity contribution is 0.101. The normalized spacial score (nSPS) is 20.6. The molecular formula is C15H21BrN2O. The van der Waals surface area contributed by atoms with Crippen LogP contribution in [0.2, 0.25) is 0 Å². The molecule has 2 rings (SSSR count). The van der Waals surface area contributed by atoms with Crippen LogP contribution < -0.4 is 4.90 Å². The van der Waals surface area contributed by atoms with Gasteiger partial charge in [0, 0.05) is 41.4 Å². The Morgan fingerprint density at radius 1 is 1.42 bits per heavy atom. The van der Waals surface area contributed by atoms with Crippen molar-refractivity contribution in [2.24, 2.45) is 0 Å². The number of rotatable bonds is 3. The zero-order valence-electron chi connectivity index (χ0n) is 11.8. The number of hydrogen-bond donors (Lipinski definition) is 0. The Morgan fingerprint density at radius 2 is 2.16 bits per heavy atom. The van der Waals surface area contributed by atoms with Gasteiger partial charge in [-0.3, -0.25) is 9.69 Å². The second-order valence-corrected chi connectivity index (χ2v) is 6.06. The van der Waals surface area contributed by atoms with Crippen LogP contribution in [0.4, 0.5) is 5.69 Å².